The summed E-state index contributed by atoms with van der Waals surface area (Å²) in [4.78, 5) is 13.0. The van der Waals surface area contributed by atoms with Gasteiger partial charge in [-0.3, -0.25) is 9.48 Å². The quantitative estimate of drug-likeness (QED) is 0.482. The Labute approximate surface area is 208 Å². The van der Waals surface area contributed by atoms with Crippen LogP contribution in [0.3, 0.4) is 0 Å². The van der Waals surface area contributed by atoms with E-state index in [1.807, 2.05) is 0 Å². The molecule has 3 heterocycles. The number of nitrogens with zero attached hydrogens (tertiary/aromatic N) is 3. The molecule has 1 N–H and O–H groups in total. The summed E-state index contributed by atoms with van der Waals surface area (Å²) < 4.78 is 95.5. The number of nitrogens with one attached hydrogen (secondary N) is 1. The number of carbonyl (C=O) groups is 1. The molecule has 1 amide bonds. The fraction of sp³-hybridized carbons (Fsp3) is 0.333. The first-order chi connectivity index (χ1) is 17.4. The summed E-state index contributed by atoms with van der Waals surface area (Å²) in [5.41, 5.74) is -0.710. The number of sulfonamides is 1. The molecule has 2 saturated heterocycles. The zero-order chi connectivity index (χ0) is 26.7. The van der Waals surface area contributed by atoms with Gasteiger partial charge in [-0.2, -0.15) is 22.6 Å². The minimum atomic E-state index is -4.64. The van der Waals surface area contributed by atoms with Crippen LogP contribution in [0.5, 0.6) is 0 Å². The maximum Gasteiger partial charge on any atom is 0.435 e. The summed E-state index contributed by atoms with van der Waals surface area (Å²) >= 11 is 0. The van der Waals surface area contributed by atoms with Crippen molar-refractivity contribution in [2.24, 2.45) is 13.0 Å². The van der Waals surface area contributed by atoms with Gasteiger partial charge in [-0.15, -0.1) is 0 Å². The van der Waals surface area contributed by atoms with Gasteiger partial charge < -0.3 is 5.32 Å². The zero-order valence-electron chi connectivity index (χ0n) is 19.3. The second-order valence-electron chi connectivity index (χ2n) is 9.18. The first-order valence-electron chi connectivity index (χ1n) is 11.3. The third-order valence-corrected chi connectivity index (χ3v) is 8.80. The maximum atomic E-state index is 14.5. The van der Waals surface area contributed by atoms with E-state index >= 15 is 0 Å². The lowest BCUT2D eigenvalue weighted by Crippen LogP contribution is -2.46. The first-order valence-corrected chi connectivity index (χ1v) is 12.8. The van der Waals surface area contributed by atoms with Gasteiger partial charge in [0, 0.05) is 30.8 Å². The summed E-state index contributed by atoms with van der Waals surface area (Å²) in [5, 5.41) is 6.03. The van der Waals surface area contributed by atoms with Crippen molar-refractivity contribution >= 4 is 15.9 Å². The third-order valence-electron chi connectivity index (χ3n) is 6.85. The topological polar surface area (TPSA) is 84.3 Å². The van der Waals surface area contributed by atoms with Crippen LogP contribution in [0.1, 0.15) is 24.1 Å². The average Bonchev–Trinajstić information content (AvgIpc) is 3.50. The number of carbonyl (C=O) groups excluding carboxylic acids is 1. The van der Waals surface area contributed by atoms with E-state index in [0.717, 1.165) is 45.4 Å². The summed E-state index contributed by atoms with van der Waals surface area (Å²) in [7, 11) is -2.74. The van der Waals surface area contributed by atoms with Gasteiger partial charge in [-0.05, 0) is 67.3 Å². The van der Waals surface area contributed by atoms with E-state index in [9.17, 15) is 35.2 Å². The summed E-state index contributed by atoms with van der Waals surface area (Å²) in [6.45, 7) is -0.305. The molecule has 0 spiro atoms. The van der Waals surface area contributed by atoms with Gasteiger partial charge in [0.1, 0.15) is 17.7 Å². The highest BCUT2D eigenvalue weighted by molar-refractivity contribution is 7.89. The van der Waals surface area contributed by atoms with Crippen LogP contribution in [-0.2, 0) is 34.6 Å². The SMILES string of the molecule is Cn1nc(C(F)(F)F)cc1-c1ccc(F)c(CNC(=O)[C@@H]2C3CC(C3)N2S(=O)(=O)c2ccc(F)cc2)c1. The van der Waals surface area contributed by atoms with Gasteiger partial charge in [0.25, 0.3) is 0 Å². The second-order valence-corrected chi connectivity index (χ2v) is 11.0. The molecule has 1 saturated carbocycles. The number of amides is 1. The van der Waals surface area contributed by atoms with Crippen LogP contribution < -0.4 is 5.32 Å². The molecule has 37 heavy (non-hydrogen) atoms. The highest BCUT2D eigenvalue weighted by Gasteiger charge is 2.58. The zero-order valence-corrected chi connectivity index (χ0v) is 20.2. The van der Waals surface area contributed by atoms with Crippen molar-refractivity contribution < 1.29 is 35.2 Å². The molecular weight excluding hydrogens is 519 g/mol. The van der Waals surface area contributed by atoms with Gasteiger partial charge >= 0.3 is 6.18 Å². The van der Waals surface area contributed by atoms with Crippen molar-refractivity contribution in [2.75, 3.05) is 0 Å². The number of rotatable bonds is 6. The number of hydrogen-bond donors (Lipinski definition) is 1. The lowest BCUT2D eigenvalue weighted by atomic mass is 9.83. The standard InChI is InChI=1S/C24H21F5N4O3S/c1-32-20(11-21(31-32)24(27,28)29)13-2-7-19(26)15(8-13)12-30-23(34)22-14-9-17(10-14)33(22)37(35,36)18-5-3-16(25)4-6-18/h2-8,11,14,17,22H,9-10,12H2,1H3,(H,30,34)/t14?,17?,22-/m0/s1. The number of aryl methyl sites for hydroxylation is 1. The number of hydrogen-bond acceptors (Lipinski definition) is 4. The highest BCUT2D eigenvalue weighted by atomic mass is 32.2. The predicted octanol–water partition coefficient (Wildman–Crippen LogP) is 3.85. The fourth-order valence-corrected chi connectivity index (χ4v) is 6.82. The van der Waals surface area contributed by atoms with Crippen molar-refractivity contribution in [3.63, 3.8) is 0 Å². The van der Waals surface area contributed by atoms with Crippen molar-refractivity contribution in [2.45, 2.75) is 42.5 Å². The Morgan fingerprint density at radius 3 is 2.38 bits per heavy atom. The normalized spacial score (nSPS) is 21.6. The Bertz CT molecular complexity index is 1460. The maximum absolute atomic E-state index is 14.5. The second kappa shape index (κ2) is 8.91. The Morgan fingerprint density at radius 1 is 1.08 bits per heavy atom. The van der Waals surface area contributed by atoms with E-state index in [1.54, 1.807) is 0 Å². The number of aromatic nitrogens is 2. The summed E-state index contributed by atoms with van der Waals surface area (Å²) in [6.07, 6.45) is -3.64. The molecule has 6 rings (SSSR count). The van der Waals surface area contributed by atoms with Gasteiger partial charge in [0.2, 0.25) is 15.9 Å². The molecule has 2 aliphatic heterocycles. The molecule has 3 fully saturated rings. The molecule has 2 aromatic carbocycles. The van der Waals surface area contributed by atoms with E-state index in [2.05, 4.69) is 10.4 Å². The molecule has 0 unspecified atom stereocenters. The van der Waals surface area contributed by atoms with Gasteiger partial charge in [-0.25, -0.2) is 17.2 Å². The number of halogens is 5. The van der Waals surface area contributed by atoms with E-state index in [-0.39, 0.29) is 40.2 Å². The molecule has 7 nitrogen and oxygen atoms in total. The van der Waals surface area contributed by atoms with E-state index in [4.69, 9.17) is 0 Å². The number of benzene rings is 2. The molecule has 196 valence electrons. The molecule has 1 atom stereocenters. The Kier molecular flexibility index (Phi) is 6.10. The lowest BCUT2D eigenvalue weighted by molar-refractivity contribution is -0.141. The molecule has 1 aliphatic carbocycles. The smallest absolute Gasteiger partial charge is 0.351 e. The Balaban J connectivity index is 1.35. The third kappa shape index (κ3) is 4.50. The average molecular weight is 541 g/mol. The minimum Gasteiger partial charge on any atom is -0.351 e. The Morgan fingerprint density at radius 2 is 1.76 bits per heavy atom. The van der Waals surface area contributed by atoms with Crippen molar-refractivity contribution in [3.8, 4) is 11.3 Å². The first kappa shape index (κ1) is 25.3. The van der Waals surface area contributed by atoms with Gasteiger partial charge in [-0.1, -0.05) is 0 Å². The minimum absolute atomic E-state index is 0.0129. The van der Waals surface area contributed by atoms with Crippen LogP contribution >= 0.6 is 0 Å². The predicted molar refractivity (Wildman–Crippen MR) is 121 cm³/mol. The number of alkyl halides is 3. The summed E-state index contributed by atoms with van der Waals surface area (Å²) in [6, 6.07) is 7.51. The summed E-state index contributed by atoms with van der Waals surface area (Å²) in [5.74, 6) is -2.09. The van der Waals surface area contributed by atoms with Crippen LogP contribution in [0.25, 0.3) is 11.3 Å². The van der Waals surface area contributed by atoms with E-state index < -0.39 is 45.5 Å². The van der Waals surface area contributed by atoms with Crippen molar-refractivity contribution in [1.82, 2.24) is 19.4 Å². The van der Waals surface area contributed by atoms with E-state index in [0.29, 0.717) is 12.8 Å². The molecular formula is C24H21F5N4O3S. The van der Waals surface area contributed by atoms with Crippen molar-refractivity contribution in [1.29, 1.82) is 0 Å². The molecule has 1 aromatic heterocycles. The fourth-order valence-electron chi connectivity index (χ4n) is 4.97. The van der Waals surface area contributed by atoms with Crippen molar-refractivity contribution in [3.05, 3.63) is 71.4 Å². The Hall–Kier alpha value is -3.32. The largest absolute Gasteiger partial charge is 0.435 e. The lowest BCUT2D eigenvalue weighted by Gasteiger charge is -2.25. The van der Waals surface area contributed by atoms with Crippen LogP contribution in [-0.4, -0.2) is 40.5 Å². The molecule has 2 bridgehead atoms. The van der Waals surface area contributed by atoms with Crippen LogP contribution in [0.15, 0.2) is 53.4 Å². The number of fused-ring (bicyclic) bond motifs is 1. The molecule has 13 heteroatoms. The molecule has 0 radical (unpaired) electrons. The van der Waals surface area contributed by atoms with Crippen LogP contribution in [0.2, 0.25) is 0 Å². The monoisotopic (exact) mass is 540 g/mol. The molecule has 3 aliphatic rings. The van der Waals surface area contributed by atoms with Gasteiger partial charge in [0.15, 0.2) is 5.69 Å². The van der Waals surface area contributed by atoms with Gasteiger partial charge in [0.05, 0.1) is 10.6 Å². The molecule has 3 aromatic rings. The van der Waals surface area contributed by atoms with Crippen LogP contribution in [0.4, 0.5) is 22.0 Å². The van der Waals surface area contributed by atoms with Crippen LogP contribution in [0, 0.1) is 17.6 Å². The highest BCUT2D eigenvalue weighted by Crippen LogP contribution is 2.48. The van der Waals surface area contributed by atoms with E-state index in [1.165, 1.54) is 19.2 Å².